The summed E-state index contributed by atoms with van der Waals surface area (Å²) >= 11 is 11.6. The average molecular weight is 504 g/mol. The molecule has 0 unspecified atom stereocenters. The number of nitrogens with one attached hydrogen (secondary N) is 1. The molecule has 0 bridgehead atoms. The van der Waals surface area contributed by atoms with Crippen molar-refractivity contribution in [3.8, 4) is 5.75 Å². The van der Waals surface area contributed by atoms with Crippen LogP contribution in [-0.4, -0.2) is 46.1 Å². The lowest BCUT2D eigenvalue weighted by atomic mass is 10.1. The molecule has 1 aliphatic heterocycles. The van der Waals surface area contributed by atoms with E-state index >= 15 is 0 Å². The summed E-state index contributed by atoms with van der Waals surface area (Å²) in [6.07, 6.45) is 2.91. The Morgan fingerprint density at radius 2 is 1.96 bits per heavy atom. The quantitative estimate of drug-likeness (QED) is 0.268. The van der Waals surface area contributed by atoms with Crippen LogP contribution in [0.5, 0.6) is 5.75 Å². The van der Waals surface area contributed by atoms with Crippen LogP contribution in [0.1, 0.15) is 5.56 Å². The minimum atomic E-state index is -1.11. The number of carboxylic acid groups (broad SMARTS) is 1. The van der Waals surface area contributed by atoms with Crippen molar-refractivity contribution in [2.45, 2.75) is 0 Å². The van der Waals surface area contributed by atoms with Crippen LogP contribution < -0.4 is 10.1 Å². The third-order valence-corrected chi connectivity index (χ3v) is 4.67. The largest absolute Gasteiger partial charge is 0.480 e. The van der Waals surface area contributed by atoms with Crippen LogP contribution in [-0.2, 0) is 14.4 Å². The Morgan fingerprint density at radius 1 is 1.35 bits per heavy atom. The van der Waals surface area contributed by atoms with Crippen molar-refractivity contribution >= 4 is 73.0 Å². The lowest BCUT2D eigenvalue weighted by molar-refractivity contribution is -0.139. The first-order valence-electron chi connectivity index (χ1n) is 7.08. The summed E-state index contributed by atoms with van der Waals surface area (Å²) in [4.78, 5) is 36.5. The predicted octanol–water partition coefficient (Wildman–Crippen LogP) is 2.49. The van der Waals surface area contributed by atoms with Gasteiger partial charge in [-0.1, -0.05) is 6.08 Å². The molecule has 2 N–H and O–H groups in total. The molecule has 2 rings (SSSR count). The molecule has 1 aromatic carbocycles. The fraction of sp³-hybridized carbons (Fsp3) is 0.125. The normalized spacial score (nSPS) is 15.8. The number of halogens is 2. The number of carbonyl (C=O) groups is 3. The number of ether oxygens (including phenoxy) is 1. The third kappa shape index (κ3) is 4.57. The molecule has 2 amide bonds. The van der Waals surface area contributed by atoms with Gasteiger partial charge in [0, 0.05) is 6.54 Å². The van der Waals surface area contributed by atoms with Gasteiger partial charge in [0.1, 0.15) is 11.3 Å². The van der Waals surface area contributed by atoms with E-state index in [4.69, 9.17) is 22.1 Å². The van der Waals surface area contributed by atoms with Crippen molar-refractivity contribution in [3.63, 3.8) is 0 Å². The standard InChI is InChI=1S/C16H12Br2N2O5S/c1-2-3-20-15(24)9(14(23)19-16(20)26)4-8-5-10(17)13(11(18)6-8)25-7-12(21)22/h2,4-6H,1,3,7H2,(H,21,22)(H,19,23,26)/b9-4+. The molecule has 136 valence electrons. The van der Waals surface area contributed by atoms with E-state index in [1.54, 1.807) is 12.1 Å². The minimum absolute atomic E-state index is 0.0248. The van der Waals surface area contributed by atoms with E-state index in [0.29, 0.717) is 20.3 Å². The summed E-state index contributed by atoms with van der Waals surface area (Å²) in [6, 6.07) is 3.19. The maximum absolute atomic E-state index is 12.5. The Labute approximate surface area is 170 Å². The minimum Gasteiger partial charge on any atom is -0.480 e. The highest BCUT2D eigenvalue weighted by atomic mass is 79.9. The van der Waals surface area contributed by atoms with Crippen LogP contribution in [0, 0.1) is 0 Å². The number of carboxylic acids is 1. The Morgan fingerprint density at radius 3 is 2.50 bits per heavy atom. The van der Waals surface area contributed by atoms with Gasteiger partial charge in [-0.2, -0.15) is 0 Å². The summed E-state index contributed by atoms with van der Waals surface area (Å²) in [6.45, 7) is 3.22. The zero-order valence-corrected chi connectivity index (χ0v) is 17.1. The highest BCUT2D eigenvalue weighted by Gasteiger charge is 2.32. The number of hydrogen-bond acceptors (Lipinski definition) is 5. The first-order valence-corrected chi connectivity index (χ1v) is 9.07. The fourth-order valence-electron chi connectivity index (χ4n) is 2.09. The van der Waals surface area contributed by atoms with Crippen molar-refractivity contribution < 1.29 is 24.2 Å². The molecule has 7 nitrogen and oxygen atoms in total. The Kier molecular flexibility index (Phi) is 6.68. The molecule has 1 fully saturated rings. The molecule has 0 spiro atoms. The maximum Gasteiger partial charge on any atom is 0.341 e. The number of carbonyl (C=O) groups excluding carboxylic acids is 2. The van der Waals surface area contributed by atoms with Crippen LogP contribution in [0.4, 0.5) is 0 Å². The van der Waals surface area contributed by atoms with Crippen molar-refractivity contribution in [2.75, 3.05) is 13.2 Å². The smallest absolute Gasteiger partial charge is 0.341 e. The lowest BCUT2D eigenvalue weighted by Crippen LogP contribution is -2.53. The van der Waals surface area contributed by atoms with Crippen LogP contribution in [0.3, 0.4) is 0 Å². The van der Waals surface area contributed by atoms with Gasteiger partial charge in [0.15, 0.2) is 11.7 Å². The van der Waals surface area contributed by atoms with E-state index in [-0.39, 0.29) is 17.2 Å². The summed E-state index contributed by atoms with van der Waals surface area (Å²) in [5.41, 5.74) is 0.440. The summed E-state index contributed by atoms with van der Waals surface area (Å²) in [5, 5.41) is 11.2. The molecule has 26 heavy (non-hydrogen) atoms. The number of nitrogens with zero attached hydrogens (tertiary/aromatic N) is 1. The molecule has 1 heterocycles. The predicted molar refractivity (Wildman–Crippen MR) is 106 cm³/mol. The van der Waals surface area contributed by atoms with E-state index < -0.39 is 24.4 Å². The topological polar surface area (TPSA) is 95.9 Å². The molecule has 1 saturated heterocycles. The molecular weight excluding hydrogens is 492 g/mol. The lowest BCUT2D eigenvalue weighted by Gasteiger charge is -2.27. The average Bonchev–Trinajstić information content (AvgIpc) is 2.54. The fourth-order valence-corrected chi connectivity index (χ4v) is 3.79. The number of aliphatic carboxylic acids is 1. The van der Waals surface area contributed by atoms with Crippen LogP contribution in [0.2, 0.25) is 0 Å². The number of benzene rings is 1. The van der Waals surface area contributed by atoms with Crippen LogP contribution in [0.25, 0.3) is 6.08 Å². The molecular formula is C16H12Br2N2O5S. The zero-order chi connectivity index (χ0) is 19.4. The van der Waals surface area contributed by atoms with Gasteiger partial charge < -0.3 is 9.84 Å². The summed E-state index contributed by atoms with van der Waals surface area (Å²) in [5.74, 6) is -1.95. The second-order valence-electron chi connectivity index (χ2n) is 5.02. The van der Waals surface area contributed by atoms with Crippen LogP contribution >= 0.6 is 44.1 Å². The van der Waals surface area contributed by atoms with Crippen molar-refractivity contribution in [3.05, 3.63) is 44.9 Å². The van der Waals surface area contributed by atoms with Gasteiger partial charge in [-0.15, -0.1) is 6.58 Å². The first-order chi connectivity index (χ1) is 12.2. The molecule has 0 aromatic heterocycles. The second kappa shape index (κ2) is 8.56. The van der Waals surface area contributed by atoms with Gasteiger partial charge in [-0.3, -0.25) is 19.8 Å². The van der Waals surface area contributed by atoms with E-state index in [9.17, 15) is 14.4 Å². The molecule has 1 aromatic rings. The monoisotopic (exact) mass is 502 g/mol. The molecule has 10 heteroatoms. The highest BCUT2D eigenvalue weighted by molar-refractivity contribution is 9.11. The first kappa shape index (κ1) is 20.3. The molecule has 0 radical (unpaired) electrons. The third-order valence-electron chi connectivity index (χ3n) is 3.17. The summed E-state index contributed by atoms with van der Waals surface area (Å²) < 4.78 is 6.10. The summed E-state index contributed by atoms with van der Waals surface area (Å²) in [7, 11) is 0. The van der Waals surface area contributed by atoms with E-state index in [1.807, 2.05) is 0 Å². The number of rotatable bonds is 6. The Hall–Kier alpha value is -2.04. The highest BCUT2D eigenvalue weighted by Crippen LogP contribution is 2.35. The van der Waals surface area contributed by atoms with Crippen LogP contribution in [0.15, 0.2) is 39.3 Å². The molecule has 0 aliphatic carbocycles. The van der Waals surface area contributed by atoms with Crippen molar-refractivity contribution in [2.24, 2.45) is 0 Å². The maximum atomic E-state index is 12.5. The van der Waals surface area contributed by atoms with Gasteiger partial charge in [0.05, 0.1) is 8.95 Å². The van der Waals surface area contributed by atoms with Gasteiger partial charge in [-0.05, 0) is 67.8 Å². The number of amides is 2. The number of thiocarbonyl (C=S) groups is 1. The molecule has 0 atom stereocenters. The van der Waals surface area contributed by atoms with E-state index in [0.717, 1.165) is 0 Å². The second-order valence-corrected chi connectivity index (χ2v) is 7.11. The Balaban J connectivity index is 2.37. The van der Waals surface area contributed by atoms with Gasteiger partial charge in [-0.25, -0.2) is 4.79 Å². The van der Waals surface area contributed by atoms with Crippen molar-refractivity contribution in [1.29, 1.82) is 0 Å². The van der Waals surface area contributed by atoms with Gasteiger partial charge in [0.25, 0.3) is 11.8 Å². The van der Waals surface area contributed by atoms with E-state index in [2.05, 4.69) is 43.8 Å². The van der Waals surface area contributed by atoms with Gasteiger partial charge in [0.2, 0.25) is 0 Å². The SMILES string of the molecule is C=CCN1C(=O)/C(=C/c2cc(Br)c(OCC(=O)O)c(Br)c2)C(=O)NC1=S. The Bertz CT molecular complexity index is 830. The number of hydrogen-bond donors (Lipinski definition) is 2. The molecule has 0 saturated carbocycles. The zero-order valence-electron chi connectivity index (χ0n) is 13.1. The van der Waals surface area contributed by atoms with E-state index in [1.165, 1.54) is 17.1 Å². The van der Waals surface area contributed by atoms with Gasteiger partial charge >= 0.3 is 5.97 Å². The molecule has 1 aliphatic rings. The van der Waals surface area contributed by atoms with Crippen molar-refractivity contribution in [1.82, 2.24) is 10.2 Å².